The number of aromatic nitrogens is 8. The number of hydrogen-bond donors (Lipinski definition) is 5. The Morgan fingerprint density at radius 2 is 0.662 bits per heavy atom. The summed E-state index contributed by atoms with van der Waals surface area (Å²) in [7, 11) is 12.3. The van der Waals surface area contributed by atoms with E-state index in [4.69, 9.17) is 154 Å². The van der Waals surface area contributed by atoms with Gasteiger partial charge in [-0.1, -0.05) is 178 Å². The van der Waals surface area contributed by atoms with Gasteiger partial charge in [-0.2, -0.15) is 0 Å². The van der Waals surface area contributed by atoms with Crippen LogP contribution < -0.4 is 65.3 Å². The van der Waals surface area contributed by atoms with Crippen LogP contribution in [0.5, 0.6) is 46.0 Å². The lowest BCUT2D eigenvalue weighted by Gasteiger charge is -2.15. The zero-order chi connectivity index (χ0) is 95.9. The van der Waals surface area contributed by atoms with Gasteiger partial charge in [0.1, 0.15) is 57.4 Å². The van der Waals surface area contributed by atoms with E-state index in [-0.39, 0.29) is 41.9 Å². The highest BCUT2D eigenvalue weighted by Gasteiger charge is 2.26. The lowest BCUT2D eigenvalue weighted by atomic mass is 10.0. The molecule has 16 aromatic rings. The van der Waals surface area contributed by atoms with Gasteiger partial charge in [0.25, 0.3) is 11.4 Å². The van der Waals surface area contributed by atoms with Crippen LogP contribution in [0.15, 0.2) is 207 Å². The van der Waals surface area contributed by atoms with E-state index in [0.29, 0.717) is 143 Å². The van der Waals surface area contributed by atoms with Crippen molar-refractivity contribution in [2.45, 2.75) is 34.1 Å². The third kappa shape index (κ3) is 22.2. The number of anilines is 8. The number of methoxy groups -OCH3 is 8. The van der Waals surface area contributed by atoms with Gasteiger partial charge in [0.15, 0.2) is 5.78 Å². The summed E-state index contributed by atoms with van der Waals surface area (Å²) in [6.07, 6.45) is 8.30. The summed E-state index contributed by atoms with van der Waals surface area (Å²) in [5, 5.41) is 37.6. The highest BCUT2D eigenvalue weighted by Crippen LogP contribution is 2.52. The van der Waals surface area contributed by atoms with E-state index >= 15 is 0 Å². The smallest absolute Gasteiger partial charge is 0.293 e. The van der Waals surface area contributed by atoms with Crippen molar-refractivity contribution < 1.29 is 54.0 Å². The molecule has 682 valence electrons. The Morgan fingerprint density at radius 1 is 0.376 bits per heavy atom. The molecule has 12 aromatic carbocycles. The van der Waals surface area contributed by atoms with Gasteiger partial charge in [-0.05, 0) is 150 Å². The number of nitrogen functional groups attached to an aromatic ring is 2. The van der Waals surface area contributed by atoms with Gasteiger partial charge >= 0.3 is 0 Å². The lowest BCUT2D eigenvalue weighted by molar-refractivity contribution is -0.384. The van der Waals surface area contributed by atoms with E-state index in [1.54, 1.807) is 107 Å². The summed E-state index contributed by atoms with van der Waals surface area (Å²) in [6.45, 7) is 11.0. The average Bonchev–Trinajstić information content (AvgIpc) is 0.782. The second-order valence-corrected chi connectivity index (χ2v) is 32.2. The summed E-state index contributed by atoms with van der Waals surface area (Å²) in [6, 6.07) is 50.1. The number of carbonyl (C=O) groups is 1. The predicted octanol–water partition coefficient (Wildman–Crippen LogP) is 26.8. The van der Waals surface area contributed by atoms with Gasteiger partial charge in [-0.15, -0.1) is 0 Å². The number of nitro groups is 2. The van der Waals surface area contributed by atoms with Gasteiger partial charge < -0.3 is 65.3 Å². The Morgan fingerprint density at radius 3 is 0.985 bits per heavy atom. The van der Waals surface area contributed by atoms with Gasteiger partial charge in [0.2, 0.25) is 23.1 Å². The molecule has 7 N–H and O–H groups in total. The van der Waals surface area contributed by atoms with Crippen LogP contribution in [-0.2, 0) is 11.2 Å². The van der Waals surface area contributed by atoms with Crippen molar-refractivity contribution in [3.05, 3.63) is 301 Å². The standard InChI is InChI=1S/C27H23Cl2N3O3.C23H18Cl2N4O4.C23H20Cl2N4O2.C16H11Cl3N2O2.C7H8N2O2.H2/c1-5-19(33)12-17-8-6-7-15(2)26(17)32-27-30-14-18-11-16(9-10-20(18)31-27)23-24(28)21(34-3)13-22(35-4)25(23)29;1-12-5-4-6-16(29(30)31)22(12)28-23-26-11-14-9-13(7-8-15(14)27-23)19-20(24)17(32-2)10-18(33-3)21(19)25;1-12-5-4-6-15(26)22(12)29-23-27-11-14-9-13(7-8-16(14)28-23)19-20(24)17(30-2)10-18(31-3)21(19)25;1-22-11-6-12(23-2)15(18)13(14(11)17)8-3-4-10-9(5-8)7-20-16(19)21-10;1-5-3-2-4-6(7(5)8)9(10)11;/h5-11,13-14H,1,12H2,2-4H3,(H,30,31,32);4-11H,1-3H3,(H,26,27,28);4-11H,26H2,1-3H3,(H,27,28,29);3-7H,1-2H3;2-4H,8H2,1H3;1H. The largest absolute Gasteiger partial charge is 0.495 e. The Balaban J connectivity index is 0.000000166. The molecule has 4 heterocycles. The highest BCUT2D eigenvalue weighted by molar-refractivity contribution is 6.43. The molecule has 0 fully saturated rings. The van der Waals surface area contributed by atoms with E-state index in [1.807, 2.05) is 117 Å². The van der Waals surface area contributed by atoms with E-state index in [2.05, 4.69) is 62.4 Å². The number of nitro benzene ring substituents is 2. The number of aryl methyl sites for hydroxylation is 4. The summed E-state index contributed by atoms with van der Waals surface area (Å²) < 4.78 is 42.8. The Bertz CT molecular complexity index is 7090. The third-order valence-corrected chi connectivity index (χ3v) is 23.8. The van der Waals surface area contributed by atoms with Crippen LogP contribution in [0.4, 0.5) is 57.7 Å². The van der Waals surface area contributed by atoms with Crippen molar-refractivity contribution in [1.82, 2.24) is 39.9 Å². The van der Waals surface area contributed by atoms with E-state index in [1.165, 1.54) is 60.9 Å². The second-order valence-electron chi connectivity index (χ2n) is 28.8. The number of carbonyl (C=O) groups excluding carboxylic acids is 1. The number of hydrogen-bond acceptors (Lipinski definition) is 26. The quantitative estimate of drug-likeness (QED) is 0.0131. The van der Waals surface area contributed by atoms with Crippen molar-refractivity contribution in [3.63, 3.8) is 0 Å². The number of fused-ring (bicyclic) bond motifs is 4. The maximum absolute atomic E-state index is 11.9. The average molecular weight is 1970 g/mol. The van der Waals surface area contributed by atoms with Crippen LogP contribution >= 0.6 is 104 Å². The molecule has 0 aliphatic carbocycles. The van der Waals surface area contributed by atoms with Crippen molar-refractivity contribution in [1.29, 1.82) is 0 Å². The van der Waals surface area contributed by atoms with E-state index < -0.39 is 9.85 Å². The summed E-state index contributed by atoms with van der Waals surface area (Å²) >= 11 is 58.0. The van der Waals surface area contributed by atoms with Crippen LogP contribution in [-0.4, -0.2) is 112 Å². The van der Waals surface area contributed by atoms with E-state index in [0.717, 1.165) is 94.0 Å². The number of halogens is 9. The molecule has 0 bridgehead atoms. The molecule has 133 heavy (non-hydrogen) atoms. The number of ketones is 1. The molecule has 16 rings (SSSR count). The van der Waals surface area contributed by atoms with Crippen LogP contribution in [0.25, 0.3) is 88.1 Å². The fourth-order valence-corrected chi connectivity index (χ4v) is 16.8. The monoisotopic (exact) mass is 1970 g/mol. The van der Waals surface area contributed by atoms with Gasteiger partial charge in [-0.3, -0.25) is 25.0 Å². The molecule has 0 saturated carbocycles. The van der Waals surface area contributed by atoms with Crippen LogP contribution in [0.2, 0.25) is 45.5 Å². The Kier molecular flexibility index (Phi) is 32.5. The molecule has 0 saturated heterocycles. The summed E-state index contributed by atoms with van der Waals surface area (Å²) in [5.41, 5.74) is 26.9. The number of nitrogens with one attached hydrogen (secondary N) is 3. The van der Waals surface area contributed by atoms with Crippen LogP contribution in [0, 0.1) is 47.9 Å². The van der Waals surface area contributed by atoms with Crippen molar-refractivity contribution in [2.75, 3.05) is 84.3 Å². The minimum atomic E-state index is -0.484. The number of rotatable bonds is 23. The molecule has 37 heteroatoms. The van der Waals surface area contributed by atoms with Crippen LogP contribution in [0.1, 0.15) is 29.2 Å². The third-order valence-electron chi connectivity index (χ3n) is 20.7. The maximum Gasteiger partial charge on any atom is 0.293 e. The molecule has 0 aliphatic heterocycles. The van der Waals surface area contributed by atoms with Gasteiger partial charge in [-0.25, -0.2) is 39.9 Å². The fourth-order valence-electron chi connectivity index (χ4n) is 13.8. The molecule has 0 spiro atoms. The predicted molar refractivity (Wildman–Crippen MR) is 535 cm³/mol. The van der Waals surface area contributed by atoms with Gasteiger partial charge in [0.05, 0.1) is 140 Å². The minimum Gasteiger partial charge on any atom is -0.495 e. The van der Waals surface area contributed by atoms with Crippen LogP contribution in [0.3, 0.4) is 0 Å². The summed E-state index contributed by atoms with van der Waals surface area (Å²) in [4.78, 5) is 67.9. The molecule has 0 aliphatic rings. The topological polar surface area (TPSA) is 368 Å². The SMILES string of the molecule is C=CC(=O)Cc1cccc(C)c1Nc1ncc2cc(-c3c(Cl)c(OC)cc(OC)c3Cl)ccc2n1.COc1cc(OC)c(Cl)c(-c2ccc3nc(Cl)ncc3c2)c1Cl.COc1cc(OC)c(Cl)c(-c2ccc3nc(Nc4c(C)cccc4N)ncc3c2)c1Cl.COc1cc(OC)c(Cl)c(-c2ccc3nc(Nc4c(C)cccc4[N+](=O)[O-])ncc3c2)c1Cl.Cc1cccc([N+](=O)[O-])c1N.[HH]. The minimum absolute atomic E-state index is 0. The van der Waals surface area contributed by atoms with Crippen molar-refractivity contribution >= 4 is 211 Å². The lowest BCUT2D eigenvalue weighted by Crippen LogP contribution is -2.06. The molecule has 28 nitrogen and oxygen atoms in total. The molecule has 0 radical (unpaired) electrons. The Labute approximate surface area is 809 Å². The highest BCUT2D eigenvalue weighted by atomic mass is 35.5. The zero-order valence-electron chi connectivity index (χ0n) is 72.8. The molecule has 0 amide bonds. The van der Waals surface area contributed by atoms with E-state index in [9.17, 15) is 25.0 Å². The number of allylic oxidation sites excluding steroid dienone is 1. The fraction of sp³-hybridized carbons (Fsp3) is 0.135. The molecular formula is C96H82Cl9N15O13. The summed E-state index contributed by atoms with van der Waals surface area (Å²) in [5.74, 6) is 4.77. The number of para-hydroxylation sites is 4. The van der Waals surface area contributed by atoms with Crippen molar-refractivity contribution in [2.24, 2.45) is 0 Å². The normalized spacial score (nSPS) is 10.7. The Hall–Kier alpha value is -13.8. The van der Waals surface area contributed by atoms with Gasteiger partial charge in [0, 0.05) is 119 Å². The molecular weight excluding hydrogens is 1890 g/mol. The number of nitrogens with two attached hydrogens (primary N) is 2. The first-order chi connectivity index (χ1) is 63.8. The first-order valence-electron chi connectivity index (χ1n) is 39.6. The number of benzene rings is 12. The van der Waals surface area contributed by atoms with Crippen molar-refractivity contribution in [3.8, 4) is 90.5 Å². The molecule has 4 aromatic heterocycles. The molecule has 0 atom stereocenters. The first-order valence-corrected chi connectivity index (χ1v) is 43.0. The second kappa shape index (κ2) is 44.0. The first kappa shape index (κ1) is 98.3. The number of nitrogens with zero attached hydrogens (tertiary/aromatic N) is 10. The number of ether oxygens (including phenoxy) is 8. The zero-order valence-corrected chi connectivity index (χ0v) is 79.6. The molecule has 0 unspecified atom stereocenters. The maximum atomic E-state index is 11.9.